The molecule has 2 rings (SSSR count). The minimum atomic E-state index is -0.953. The Morgan fingerprint density at radius 3 is 2.79 bits per heavy atom. The van der Waals surface area contributed by atoms with Gasteiger partial charge in [-0.15, -0.1) is 0 Å². The molecule has 2 N–H and O–H groups in total. The molecule has 0 radical (unpaired) electrons. The van der Waals surface area contributed by atoms with E-state index in [0.29, 0.717) is 16.6 Å². The van der Waals surface area contributed by atoms with Gasteiger partial charge < -0.3 is 10.4 Å². The molecule has 1 amide bonds. The summed E-state index contributed by atoms with van der Waals surface area (Å²) in [6.07, 6.45) is 2.94. The third-order valence-electron chi connectivity index (χ3n) is 2.60. The second-order valence-electron chi connectivity index (χ2n) is 4.20. The van der Waals surface area contributed by atoms with Gasteiger partial charge in [-0.3, -0.25) is 19.6 Å². The van der Waals surface area contributed by atoms with Gasteiger partial charge in [0.25, 0.3) is 5.91 Å². The van der Waals surface area contributed by atoms with Crippen molar-refractivity contribution in [2.45, 2.75) is 19.4 Å². The van der Waals surface area contributed by atoms with Crippen LogP contribution in [0, 0.1) is 0 Å². The van der Waals surface area contributed by atoms with Gasteiger partial charge in [0.05, 0.1) is 17.5 Å². The van der Waals surface area contributed by atoms with Crippen LogP contribution in [0.3, 0.4) is 0 Å². The van der Waals surface area contributed by atoms with Crippen LogP contribution in [-0.2, 0) is 4.79 Å². The molecule has 1 atom stereocenters. The zero-order chi connectivity index (χ0) is 13.8. The van der Waals surface area contributed by atoms with Gasteiger partial charge in [-0.05, 0) is 19.1 Å². The van der Waals surface area contributed by atoms with Crippen LogP contribution in [0.15, 0.2) is 30.6 Å². The minimum Gasteiger partial charge on any atom is -0.481 e. The summed E-state index contributed by atoms with van der Waals surface area (Å²) in [7, 11) is 0. The Morgan fingerprint density at radius 1 is 1.32 bits per heavy atom. The van der Waals surface area contributed by atoms with Crippen LogP contribution >= 0.6 is 0 Å². The SMILES string of the molecule is CC(CC(=O)O)NC(=O)c1cccc2nccnc12. The van der Waals surface area contributed by atoms with E-state index in [1.807, 2.05) is 0 Å². The predicted octanol–water partition coefficient (Wildman–Crippen LogP) is 1.22. The first-order valence-corrected chi connectivity index (χ1v) is 5.80. The molecule has 0 bridgehead atoms. The number of benzene rings is 1. The molecule has 1 aromatic carbocycles. The zero-order valence-corrected chi connectivity index (χ0v) is 10.3. The number of hydrogen-bond donors (Lipinski definition) is 2. The average Bonchev–Trinajstić information content (AvgIpc) is 2.36. The number of hydrogen-bond acceptors (Lipinski definition) is 4. The van der Waals surface area contributed by atoms with Gasteiger partial charge in [-0.1, -0.05) is 6.07 Å². The molecule has 0 saturated heterocycles. The molecular weight excluding hydrogens is 246 g/mol. The number of aliphatic carboxylic acids is 1. The zero-order valence-electron chi connectivity index (χ0n) is 10.3. The topological polar surface area (TPSA) is 92.2 Å². The summed E-state index contributed by atoms with van der Waals surface area (Å²) < 4.78 is 0. The van der Waals surface area contributed by atoms with Gasteiger partial charge >= 0.3 is 5.97 Å². The van der Waals surface area contributed by atoms with Crippen molar-refractivity contribution in [3.8, 4) is 0 Å². The quantitative estimate of drug-likeness (QED) is 0.861. The highest BCUT2D eigenvalue weighted by Gasteiger charge is 2.15. The molecule has 0 aliphatic heterocycles. The van der Waals surface area contributed by atoms with E-state index in [0.717, 1.165) is 0 Å². The van der Waals surface area contributed by atoms with Crippen LogP contribution in [0.4, 0.5) is 0 Å². The summed E-state index contributed by atoms with van der Waals surface area (Å²) in [4.78, 5) is 30.9. The molecule has 0 fully saturated rings. The number of carbonyl (C=O) groups is 2. The van der Waals surface area contributed by atoms with E-state index in [9.17, 15) is 9.59 Å². The Hall–Kier alpha value is -2.50. The molecule has 1 unspecified atom stereocenters. The first-order chi connectivity index (χ1) is 9.08. The Bertz CT molecular complexity index is 622. The lowest BCUT2D eigenvalue weighted by Gasteiger charge is -2.12. The second kappa shape index (κ2) is 5.43. The summed E-state index contributed by atoms with van der Waals surface area (Å²) in [5.74, 6) is -1.30. The number of nitrogens with zero attached hydrogens (tertiary/aromatic N) is 2. The fourth-order valence-corrected chi connectivity index (χ4v) is 1.79. The van der Waals surface area contributed by atoms with Crippen molar-refractivity contribution in [1.29, 1.82) is 0 Å². The first-order valence-electron chi connectivity index (χ1n) is 5.80. The minimum absolute atomic E-state index is 0.123. The molecule has 0 spiro atoms. The van der Waals surface area contributed by atoms with Crippen LogP contribution in [-0.4, -0.2) is 33.0 Å². The first kappa shape index (κ1) is 12.9. The van der Waals surface area contributed by atoms with E-state index in [1.54, 1.807) is 31.3 Å². The van der Waals surface area contributed by atoms with Crippen molar-refractivity contribution in [3.63, 3.8) is 0 Å². The fourth-order valence-electron chi connectivity index (χ4n) is 1.79. The average molecular weight is 259 g/mol. The number of para-hydroxylation sites is 1. The van der Waals surface area contributed by atoms with E-state index < -0.39 is 12.0 Å². The fraction of sp³-hybridized carbons (Fsp3) is 0.231. The lowest BCUT2D eigenvalue weighted by atomic mass is 10.1. The number of carboxylic acids is 1. The summed E-state index contributed by atoms with van der Waals surface area (Å²) in [6.45, 7) is 1.64. The van der Waals surface area contributed by atoms with Crippen LogP contribution < -0.4 is 5.32 Å². The van der Waals surface area contributed by atoms with Crippen molar-refractivity contribution < 1.29 is 14.7 Å². The maximum atomic E-state index is 12.1. The third kappa shape index (κ3) is 3.04. The van der Waals surface area contributed by atoms with Crippen molar-refractivity contribution in [3.05, 3.63) is 36.2 Å². The highest BCUT2D eigenvalue weighted by molar-refractivity contribution is 6.04. The second-order valence-corrected chi connectivity index (χ2v) is 4.20. The van der Waals surface area contributed by atoms with Gasteiger partial charge in [-0.25, -0.2) is 0 Å². The Kier molecular flexibility index (Phi) is 3.70. The van der Waals surface area contributed by atoms with Crippen molar-refractivity contribution in [2.75, 3.05) is 0 Å². The van der Waals surface area contributed by atoms with Gasteiger partial charge in [0.2, 0.25) is 0 Å². The number of nitrogens with one attached hydrogen (secondary N) is 1. The highest BCUT2D eigenvalue weighted by atomic mass is 16.4. The van der Waals surface area contributed by atoms with Crippen LogP contribution in [0.5, 0.6) is 0 Å². The molecule has 2 aromatic rings. The molecule has 6 heteroatoms. The lowest BCUT2D eigenvalue weighted by molar-refractivity contribution is -0.137. The van der Waals surface area contributed by atoms with E-state index in [4.69, 9.17) is 5.11 Å². The lowest BCUT2D eigenvalue weighted by Crippen LogP contribution is -2.34. The molecule has 6 nitrogen and oxygen atoms in total. The number of amides is 1. The molecular formula is C13H13N3O3. The standard InChI is InChI=1S/C13H13N3O3/c1-8(7-11(17)18)16-13(19)9-3-2-4-10-12(9)15-6-5-14-10/h2-6,8H,7H2,1H3,(H,16,19)(H,17,18). The van der Waals surface area contributed by atoms with Gasteiger partial charge in [-0.2, -0.15) is 0 Å². The molecule has 1 aromatic heterocycles. The summed E-state index contributed by atoms with van der Waals surface area (Å²) in [5.41, 5.74) is 1.52. The van der Waals surface area contributed by atoms with Crippen LogP contribution in [0.25, 0.3) is 11.0 Å². The molecule has 0 aliphatic rings. The van der Waals surface area contributed by atoms with E-state index in [-0.39, 0.29) is 12.3 Å². The number of aromatic nitrogens is 2. The molecule has 1 heterocycles. The maximum absolute atomic E-state index is 12.1. The summed E-state index contributed by atoms with van der Waals surface area (Å²) in [6, 6.07) is 4.67. The van der Waals surface area contributed by atoms with Gasteiger partial charge in [0, 0.05) is 18.4 Å². The van der Waals surface area contributed by atoms with Gasteiger partial charge in [0.15, 0.2) is 0 Å². The smallest absolute Gasteiger partial charge is 0.305 e. The number of carbonyl (C=O) groups excluding carboxylic acids is 1. The summed E-state index contributed by atoms with van der Waals surface area (Å²) >= 11 is 0. The Morgan fingerprint density at radius 2 is 2.05 bits per heavy atom. The largest absolute Gasteiger partial charge is 0.481 e. The van der Waals surface area contributed by atoms with Crippen molar-refractivity contribution >= 4 is 22.9 Å². The number of carboxylic acid groups (broad SMARTS) is 1. The summed E-state index contributed by atoms with van der Waals surface area (Å²) in [5, 5.41) is 11.3. The monoisotopic (exact) mass is 259 g/mol. The Balaban J connectivity index is 2.24. The highest BCUT2D eigenvalue weighted by Crippen LogP contribution is 2.13. The van der Waals surface area contributed by atoms with E-state index >= 15 is 0 Å². The number of rotatable bonds is 4. The molecule has 98 valence electrons. The van der Waals surface area contributed by atoms with Crippen LogP contribution in [0.2, 0.25) is 0 Å². The van der Waals surface area contributed by atoms with E-state index in [2.05, 4.69) is 15.3 Å². The maximum Gasteiger partial charge on any atom is 0.305 e. The number of fused-ring (bicyclic) bond motifs is 1. The molecule has 0 saturated carbocycles. The van der Waals surface area contributed by atoms with E-state index in [1.165, 1.54) is 6.20 Å². The van der Waals surface area contributed by atoms with Crippen molar-refractivity contribution in [1.82, 2.24) is 15.3 Å². The third-order valence-corrected chi connectivity index (χ3v) is 2.60. The van der Waals surface area contributed by atoms with Crippen molar-refractivity contribution in [2.24, 2.45) is 0 Å². The predicted molar refractivity (Wildman–Crippen MR) is 68.7 cm³/mol. The Labute approximate surface area is 109 Å². The normalized spacial score (nSPS) is 12.1. The molecule has 0 aliphatic carbocycles. The van der Waals surface area contributed by atoms with Gasteiger partial charge in [0.1, 0.15) is 5.52 Å². The molecule has 19 heavy (non-hydrogen) atoms. The van der Waals surface area contributed by atoms with Crippen LogP contribution in [0.1, 0.15) is 23.7 Å².